The minimum atomic E-state index is -1.58. The number of carbonyl (C=O) groups excluding carboxylic acids is 1. The molecule has 0 aliphatic heterocycles. The van der Waals surface area contributed by atoms with Crippen LogP contribution in [-0.2, 0) is 6.42 Å². The molecule has 0 bridgehead atoms. The number of rotatable bonds is 3. The largest absolute Gasteiger partial charge is 0.294 e. The van der Waals surface area contributed by atoms with Gasteiger partial charge in [-0.25, -0.2) is 18.2 Å². The van der Waals surface area contributed by atoms with Gasteiger partial charge in [0.15, 0.2) is 23.2 Å². The molecular weight excluding hydrogens is 299 g/mol. The van der Waals surface area contributed by atoms with E-state index in [1.807, 2.05) is 24.3 Å². The lowest BCUT2D eigenvalue weighted by molar-refractivity contribution is 0.0992. The SMILES string of the molecule is O=C(Cc1nc2ccccc2s1)c1cc(F)c(F)c(F)c1. The lowest BCUT2D eigenvalue weighted by Crippen LogP contribution is -2.06. The van der Waals surface area contributed by atoms with Crippen molar-refractivity contribution in [2.24, 2.45) is 0 Å². The first-order valence-electron chi connectivity index (χ1n) is 6.07. The Kier molecular flexibility index (Phi) is 3.47. The minimum Gasteiger partial charge on any atom is -0.294 e. The molecule has 0 atom stereocenters. The highest BCUT2D eigenvalue weighted by Gasteiger charge is 2.16. The van der Waals surface area contributed by atoms with Gasteiger partial charge in [-0.2, -0.15) is 0 Å². The molecule has 2 aromatic carbocycles. The molecule has 0 amide bonds. The maximum atomic E-state index is 13.1. The number of nitrogens with zero attached hydrogens (tertiary/aromatic N) is 1. The average molecular weight is 307 g/mol. The molecule has 0 radical (unpaired) electrons. The summed E-state index contributed by atoms with van der Waals surface area (Å²) in [5.74, 6) is -4.83. The Balaban J connectivity index is 1.89. The zero-order chi connectivity index (χ0) is 15.0. The zero-order valence-electron chi connectivity index (χ0n) is 10.6. The first-order chi connectivity index (χ1) is 10.0. The lowest BCUT2D eigenvalue weighted by Gasteiger charge is -2.01. The van der Waals surface area contributed by atoms with Crippen LogP contribution in [0.2, 0.25) is 0 Å². The van der Waals surface area contributed by atoms with Crippen molar-refractivity contribution in [1.29, 1.82) is 0 Å². The first-order valence-corrected chi connectivity index (χ1v) is 6.88. The van der Waals surface area contributed by atoms with E-state index in [1.165, 1.54) is 11.3 Å². The van der Waals surface area contributed by atoms with Crippen LogP contribution in [0.25, 0.3) is 10.2 Å². The maximum Gasteiger partial charge on any atom is 0.194 e. The van der Waals surface area contributed by atoms with Crippen molar-refractivity contribution < 1.29 is 18.0 Å². The second-order valence-corrected chi connectivity index (χ2v) is 5.54. The molecule has 3 rings (SSSR count). The quantitative estimate of drug-likeness (QED) is 0.538. The van der Waals surface area contributed by atoms with Gasteiger partial charge in [0.25, 0.3) is 0 Å². The van der Waals surface area contributed by atoms with Crippen LogP contribution in [0.15, 0.2) is 36.4 Å². The Labute approximate surface area is 121 Å². The number of hydrogen-bond acceptors (Lipinski definition) is 3. The van der Waals surface area contributed by atoms with Crippen LogP contribution in [0.1, 0.15) is 15.4 Å². The van der Waals surface area contributed by atoms with E-state index in [4.69, 9.17) is 0 Å². The molecule has 1 aromatic heterocycles. The number of carbonyl (C=O) groups is 1. The number of Topliss-reactive ketones (excluding diaryl/α,β-unsaturated/α-hetero) is 1. The molecule has 0 saturated carbocycles. The van der Waals surface area contributed by atoms with Crippen molar-refractivity contribution in [2.75, 3.05) is 0 Å². The van der Waals surface area contributed by atoms with Crippen LogP contribution in [0.3, 0.4) is 0 Å². The molecule has 6 heteroatoms. The van der Waals surface area contributed by atoms with E-state index in [2.05, 4.69) is 4.98 Å². The summed E-state index contributed by atoms with van der Waals surface area (Å²) in [6, 6.07) is 8.78. The fourth-order valence-electron chi connectivity index (χ4n) is 1.95. The molecule has 0 saturated heterocycles. The Morgan fingerprint density at radius 3 is 2.43 bits per heavy atom. The van der Waals surface area contributed by atoms with Crippen molar-refractivity contribution in [1.82, 2.24) is 4.98 Å². The number of thiazole rings is 1. The third-order valence-corrected chi connectivity index (χ3v) is 3.99. The number of ketones is 1. The number of aromatic nitrogens is 1. The van der Waals surface area contributed by atoms with Gasteiger partial charge >= 0.3 is 0 Å². The van der Waals surface area contributed by atoms with Gasteiger partial charge in [0, 0.05) is 5.56 Å². The number of hydrogen-bond donors (Lipinski definition) is 0. The van der Waals surface area contributed by atoms with E-state index >= 15 is 0 Å². The lowest BCUT2D eigenvalue weighted by atomic mass is 10.1. The summed E-state index contributed by atoms with van der Waals surface area (Å²) >= 11 is 1.34. The zero-order valence-corrected chi connectivity index (χ0v) is 11.4. The van der Waals surface area contributed by atoms with Crippen molar-refractivity contribution in [3.63, 3.8) is 0 Å². The second kappa shape index (κ2) is 5.29. The monoisotopic (exact) mass is 307 g/mol. The topological polar surface area (TPSA) is 30.0 Å². The molecular formula is C15H8F3NOS. The van der Waals surface area contributed by atoms with Crippen LogP contribution in [0.4, 0.5) is 13.2 Å². The summed E-state index contributed by atoms with van der Waals surface area (Å²) in [4.78, 5) is 16.3. The van der Waals surface area contributed by atoms with Crippen molar-refractivity contribution in [2.45, 2.75) is 6.42 Å². The molecule has 2 nitrogen and oxygen atoms in total. The third-order valence-electron chi connectivity index (χ3n) is 2.96. The Bertz CT molecular complexity index is 788. The smallest absolute Gasteiger partial charge is 0.194 e. The summed E-state index contributed by atoms with van der Waals surface area (Å²) in [5.41, 5.74) is 0.562. The Hall–Kier alpha value is -2.21. The summed E-state index contributed by atoms with van der Waals surface area (Å²) in [6.07, 6.45) is -0.0795. The molecule has 0 N–H and O–H groups in total. The highest BCUT2D eigenvalue weighted by atomic mass is 32.1. The van der Waals surface area contributed by atoms with Gasteiger partial charge in [0.1, 0.15) is 5.01 Å². The van der Waals surface area contributed by atoms with Gasteiger partial charge in [-0.1, -0.05) is 12.1 Å². The highest BCUT2D eigenvalue weighted by Crippen LogP contribution is 2.23. The van der Waals surface area contributed by atoms with Gasteiger partial charge < -0.3 is 0 Å². The van der Waals surface area contributed by atoms with Gasteiger partial charge in [-0.3, -0.25) is 4.79 Å². The van der Waals surface area contributed by atoms with Crippen LogP contribution in [-0.4, -0.2) is 10.8 Å². The number of halogens is 3. The molecule has 0 unspecified atom stereocenters. The highest BCUT2D eigenvalue weighted by molar-refractivity contribution is 7.18. The van der Waals surface area contributed by atoms with E-state index in [1.54, 1.807) is 0 Å². The van der Waals surface area contributed by atoms with E-state index in [0.29, 0.717) is 17.1 Å². The fraction of sp³-hybridized carbons (Fsp3) is 0.0667. The fourth-order valence-corrected chi connectivity index (χ4v) is 2.92. The Morgan fingerprint density at radius 1 is 1.10 bits per heavy atom. The predicted molar refractivity (Wildman–Crippen MR) is 74.0 cm³/mol. The van der Waals surface area contributed by atoms with Crippen molar-refractivity contribution >= 4 is 27.3 Å². The van der Waals surface area contributed by atoms with Crippen LogP contribution >= 0.6 is 11.3 Å². The molecule has 0 aliphatic carbocycles. The summed E-state index contributed by atoms with van der Waals surface area (Å²) in [6.45, 7) is 0. The van der Waals surface area contributed by atoms with Gasteiger partial charge in [0.05, 0.1) is 16.6 Å². The molecule has 1 heterocycles. The summed E-state index contributed by atoms with van der Waals surface area (Å²) < 4.78 is 40.0. The van der Waals surface area contributed by atoms with E-state index in [0.717, 1.165) is 10.2 Å². The molecule has 3 aromatic rings. The minimum absolute atomic E-state index is 0.0795. The van der Waals surface area contributed by atoms with Gasteiger partial charge in [0.2, 0.25) is 0 Å². The van der Waals surface area contributed by atoms with Crippen molar-refractivity contribution in [3.05, 3.63) is 64.4 Å². The predicted octanol–water partition coefficient (Wildman–Crippen LogP) is 4.14. The Morgan fingerprint density at radius 2 is 1.76 bits per heavy atom. The first kappa shape index (κ1) is 13.8. The molecule has 0 aliphatic rings. The van der Waals surface area contributed by atoms with E-state index in [-0.39, 0.29) is 12.0 Å². The van der Waals surface area contributed by atoms with E-state index < -0.39 is 23.2 Å². The van der Waals surface area contributed by atoms with Gasteiger partial charge in [-0.15, -0.1) is 11.3 Å². The van der Waals surface area contributed by atoms with Crippen LogP contribution in [0, 0.1) is 17.5 Å². The summed E-state index contributed by atoms with van der Waals surface area (Å²) in [7, 11) is 0. The molecule has 0 spiro atoms. The normalized spacial score (nSPS) is 11.0. The molecule has 106 valence electrons. The molecule has 21 heavy (non-hydrogen) atoms. The number of fused-ring (bicyclic) bond motifs is 1. The van der Waals surface area contributed by atoms with E-state index in [9.17, 15) is 18.0 Å². The number of para-hydroxylation sites is 1. The maximum absolute atomic E-state index is 13.1. The van der Waals surface area contributed by atoms with Crippen LogP contribution < -0.4 is 0 Å². The molecule has 0 fully saturated rings. The number of benzene rings is 2. The average Bonchev–Trinajstić information content (AvgIpc) is 2.86. The standard InChI is InChI=1S/C15H8F3NOS/c16-9-5-8(6-10(17)15(9)18)12(20)7-14-19-11-3-1-2-4-13(11)21-14/h1-6H,7H2. The second-order valence-electron chi connectivity index (χ2n) is 4.43. The van der Waals surface area contributed by atoms with Crippen LogP contribution in [0.5, 0.6) is 0 Å². The van der Waals surface area contributed by atoms with Gasteiger partial charge in [-0.05, 0) is 24.3 Å². The van der Waals surface area contributed by atoms with Crippen molar-refractivity contribution in [3.8, 4) is 0 Å². The third kappa shape index (κ3) is 2.67. The summed E-state index contributed by atoms with van der Waals surface area (Å²) in [5, 5.41) is 0.548.